The fourth-order valence-electron chi connectivity index (χ4n) is 2.92. The average molecular weight is 451 g/mol. The monoisotopic (exact) mass is 450 g/mol. The van der Waals surface area contributed by atoms with Gasteiger partial charge in [0.25, 0.3) is 0 Å². The second-order valence-corrected chi connectivity index (χ2v) is 8.97. The van der Waals surface area contributed by atoms with Gasteiger partial charge in [0.05, 0.1) is 23.8 Å². The third kappa shape index (κ3) is 5.64. The van der Waals surface area contributed by atoms with Crippen molar-refractivity contribution in [2.24, 2.45) is 0 Å². The third-order valence-electron chi connectivity index (χ3n) is 4.44. The maximum atomic E-state index is 11.8. The molecule has 1 aromatic heterocycles. The summed E-state index contributed by atoms with van der Waals surface area (Å²) in [6, 6.07) is 21.9. The van der Waals surface area contributed by atoms with E-state index in [2.05, 4.69) is 15.0 Å². The van der Waals surface area contributed by atoms with Crippen LogP contribution in [0.25, 0.3) is 5.69 Å². The molecule has 0 saturated heterocycles. The number of rotatable bonds is 8. The molecule has 3 aromatic carbocycles. The molecule has 0 aliphatic carbocycles. The van der Waals surface area contributed by atoms with Crippen LogP contribution in [0.2, 0.25) is 0 Å². The van der Waals surface area contributed by atoms with Gasteiger partial charge < -0.3 is 9.47 Å². The molecule has 0 radical (unpaired) electrons. The van der Waals surface area contributed by atoms with Gasteiger partial charge in [-0.15, -0.1) is 5.10 Å². The van der Waals surface area contributed by atoms with Gasteiger partial charge in [-0.1, -0.05) is 41.1 Å². The van der Waals surface area contributed by atoms with Crippen molar-refractivity contribution in [1.29, 1.82) is 0 Å². The summed E-state index contributed by atoms with van der Waals surface area (Å²) < 4.78 is 39.3. The van der Waals surface area contributed by atoms with Gasteiger partial charge in [-0.05, 0) is 43.3 Å². The van der Waals surface area contributed by atoms with Crippen LogP contribution in [-0.2, 0) is 16.6 Å². The van der Waals surface area contributed by atoms with Crippen molar-refractivity contribution < 1.29 is 17.9 Å². The number of hydrogen-bond donors (Lipinski definition) is 1. The second-order valence-electron chi connectivity index (χ2n) is 7.23. The van der Waals surface area contributed by atoms with Gasteiger partial charge in [0, 0.05) is 6.07 Å². The van der Waals surface area contributed by atoms with Crippen molar-refractivity contribution in [1.82, 2.24) is 15.0 Å². The molecule has 0 amide bonds. The second kappa shape index (κ2) is 9.11. The fraction of sp³-hybridized carbons (Fsp3) is 0.130. The van der Waals surface area contributed by atoms with Crippen LogP contribution in [0.3, 0.4) is 0 Å². The molecule has 1 N–H and O–H groups in total. The molecular formula is C23H22N4O4S. The smallest absolute Gasteiger partial charge is 0.229 e. The van der Waals surface area contributed by atoms with Crippen molar-refractivity contribution in [2.75, 3.05) is 11.0 Å². The number of hydrogen-bond acceptors (Lipinski definition) is 6. The normalized spacial score (nSPS) is 11.2. The zero-order valence-corrected chi connectivity index (χ0v) is 18.4. The van der Waals surface area contributed by atoms with Crippen molar-refractivity contribution in [2.45, 2.75) is 13.5 Å². The summed E-state index contributed by atoms with van der Waals surface area (Å²) in [6.45, 7) is 2.28. The van der Waals surface area contributed by atoms with E-state index in [-0.39, 0.29) is 6.61 Å². The molecule has 1 heterocycles. The first kappa shape index (κ1) is 21.4. The number of nitrogens with zero attached hydrogens (tertiary/aromatic N) is 3. The van der Waals surface area contributed by atoms with Gasteiger partial charge in [0.15, 0.2) is 5.75 Å². The molecule has 0 fully saturated rings. The molecule has 0 saturated carbocycles. The molecule has 4 rings (SSSR count). The zero-order valence-electron chi connectivity index (χ0n) is 17.6. The minimum Gasteiger partial charge on any atom is -0.487 e. The zero-order chi connectivity index (χ0) is 22.6. The Balaban J connectivity index is 1.56. The summed E-state index contributed by atoms with van der Waals surface area (Å²) in [6.07, 6.45) is 2.84. The lowest BCUT2D eigenvalue weighted by molar-refractivity contribution is 0.301. The van der Waals surface area contributed by atoms with E-state index in [4.69, 9.17) is 9.47 Å². The molecular weight excluding hydrogens is 428 g/mol. The fourth-order valence-corrected chi connectivity index (χ4v) is 3.49. The molecule has 0 spiro atoms. The molecule has 164 valence electrons. The lowest BCUT2D eigenvalue weighted by Gasteiger charge is -2.13. The van der Waals surface area contributed by atoms with Crippen LogP contribution in [0.1, 0.15) is 11.3 Å². The summed E-state index contributed by atoms with van der Waals surface area (Å²) >= 11 is 0. The van der Waals surface area contributed by atoms with Crippen LogP contribution in [0.4, 0.5) is 5.69 Å². The summed E-state index contributed by atoms with van der Waals surface area (Å²) in [4.78, 5) is 0. The predicted molar refractivity (Wildman–Crippen MR) is 122 cm³/mol. The van der Waals surface area contributed by atoms with E-state index in [1.165, 1.54) is 0 Å². The highest BCUT2D eigenvalue weighted by atomic mass is 32.2. The Hall–Kier alpha value is -3.85. The van der Waals surface area contributed by atoms with Crippen molar-refractivity contribution in [3.8, 4) is 22.9 Å². The molecule has 0 atom stereocenters. The van der Waals surface area contributed by atoms with Crippen LogP contribution in [0.5, 0.6) is 17.2 Å². The number of aromatic nitrogens is 3. The van der Waals surface area contributed by atoms with Gasteiger partial charge >= 0.3 is 0 Å². The Morgan fingerprint density at radius 2 is 1.72 bits per heavy atom. The first-order valence-corrected chi connectivity index (χ1v) is 11.7. The minimum atomic E-state index is -3.48. The summed E-state index contributed by atoms with van der Waals surface area (Å²) in [5, 5.41) is 8.31. The van der Waals surface area contributed by atoms with Crippen LogP contribution in [0.15, 0.2) is 79.0 Å². The minimum absolute atomic E-state index is 0.268. The number of anilines is 1. The lowest BCUT2D eigenvalue weighted by Crippen LogP contribution is -2.10. The first-order valence-electron chi connectivity index (χ1n) is 9.81. The number of benzene rings is 3. The highest BCUT2D eigenvalue weighted by Gasteiger charge is 2.13. The standard InChI is InChI=1S/C23H22N4O4S/c1-17-8-11-20(12-9-17)30-16-18-15-27(26-24-18)19-10-13-22(25-32(2,28)29)23(14-19)31-21-6-4-3-5-7-21/h3-15,25H,16H2,1-2H3. The van der Waals surface area contributed by atoms with Crippen molar-refractivity contribution in [3.63, 3.8) is 0 Å². The molecule has 4 aromatic rings. The molecule has 0 bridgehead atoms. The van der Waals surface area contributed by atoms with Crippen LogP contribution in [0, 0.1) is 6.92 Å². The predicted octanol–water partition coefficient (Wildman–Crippen LogP) is 4.32. The molecule has 32 heavy (non-hydrogen) atoms. The van der Waals surface area contributed by atoms with E-state index in [9.17, 15) is 8.42 Å². The topological polar surface area (TPSA) is 95.3 Å². The van der Waals surface area contributed by atoms with E-state index in [1.54, 1.807) is 41.2 Å². The van der Waals surface area contributed by atoms with Gasteiger partial charge in [-0.2, -0.15) is 0 Å². The van der Waals surface area contributed by atoms with E-state index >= 15 is 0 Å². The molecule has 0 aliphatic heterocycles. The van der Waals surface area contributed by atoms with Gasteiger partial charge in [0.1, 0.15) is 23.8 Å². The van der Waals surface area contributed by atoms with E-state index in [0.717, 1.165) is 17.6 Å². The first-order chi connectivity index (χ1) is 15.4. The van der Waals surface area contributed by atoms with E-state index in [1.807, 2.05) is 49.4 Å². The average Bonchev–Trinajstić information content (AvgIpc) is 3.23. The maximum Gasteiger partial charge on any atom is 0.229 e. The summed E-state index contributed by atoms with van der Waals surface area (Å²) in [7, 11) is -3.48. The molecule has 9 heteroatoms. The van der Waals surface area contributed by atoms with E-state index in [0.29, 0.717) is 28.6 Å². The number of sulfonamides is 1. The number of para-hydroxylation sites is 1. The molecule has 0 aliphatic rings. The summed E-state index contributed by atoms with van der Waals surface area (Å²) in [5.74, 6) is 1.67. The lowest BCUT2D eigenvalue weighted by atomic mass is 10.2. The Kier molecular flexibility index (Phi) is 6.09. The summed E-state index contributed by atoms with van der Waals surface area (Å²) in [5.41, 5.74) is 2.78. The van der Waals surface area contributed by atoms with Crippen LogP contribution >= 0.6 is 0 Å². The highest BCUT2D eigenvalue weighted by molar-refractivity contribution is 7.92. The van der Waals surface area contributed by atoms with Gasteiger partial charge in [-0.3, -0.25) is 4.72 Å². The van der Waals surface area contributed by atoms with E-state index < -0.39 is 10.0 Å². The van der Waals surface area contributed by atoms with Gasteiger partial charge in [-0.25, -0.2) is 13.1 Å². The van der Waals surface area contributed by atoms with Crippen LogP contribution < -0.4 is 14.2 Å². The van der Waals surface area contributed by atoms with Crippen LogP contribution in [-0.4, -0.2) is 29.7 Å². The molecule has 8 nitrogen and oxygen atoms in total. The Morgan fingerprint density at radius 3 is 2.44 bits per heavy atom. The Labute approximate surface area is 186 Å². The van der Waals surface area contributed by atoms with Gasteiger partial charge in [0.2, 0.25) is 10.0 Å². The maximum absolute atomic E-state index is 11.8. The van der Waals surface area contributed by atoms with Crippen molar-refractivity contribution in [3.05, 3.63) is 90.3 Å². The third-order valence-corrected chi connectivity index (χ3v) is 5.04. The quantitative estimate of drug-likeness (QED) is 0.430. The Bertz CT molecular complexity index is 1300. The Morgan fingerprint density at radius 1 is 0.969 bits per heavy atom. The number of ether oxygens (including phenoxy) is 2. The highest BCUT2D eigenvalue weighted by Crippen LogP contribution is 2.32. The number of nitrogens with one attached hydrogen (secondary N) is 1. The number of aryl methyl sites for hydroxylation is 1. The largest absolute Gasteiger partial charge is 0.487 e. The SMILES string of the molecule is Cc1ccc(OCc2cn(-c3ccc(NS(C)(=O)=O)c(Oc4ccccc4)c3)nn2)cc1. The van der Waals surface area contributed by atoms with Crippen molar-refractivity contribution >= 4 is 15.7 Å². The molecule has 0 unspecified atom stereocenters.